The van der Waals surface area contributed by atoms with Gasteiger partial charge in [0.1, 0.15) is 6.54 Å². The molecule has 0 atom stereocenters. The number of rotatable bonds is 6. The molecule has 0 bridgehead atoms. The zero-order valence-electron chi connectivity index (χ0n) is 14.5. The van der Waals surface area contributed by atoms with Crippen LogP contribution in [0.3, 0.4) is 0 Å². The molecular weight excluding hydrogens is 338 g/mol. The van der Waals surface area contributed by atoms with E-state index in [1.807, 2.05) is 12.1 Å². The molecule has 2 rings (SSSR count). The summed E-state index contributed by atoms with van der Waals surface area (Å²) in [7, 11) is 0. The lowest BCUT2D eigenvalue weighted by Crippen LogP contribution is -2.31. The molecule has 2 aromatic rings. The molecule has 1 aromatic heterocycles. The van der Waals surface area contributed by atoms with Crippen molar-refractivity contribution in [2.24, 2.45) is 0 Å². The summed E-state index contributed by atoms with van der Waals surface area (Å²) in [6, 6.07) is 10.7. The summed E-state index contributed by atoms with van der Waals surface area (Å²) in [5.41, 5.74) is 1.62. The third-order valence-corrected chi connectivity index (χ3v) is 4.44. The number of ether oxygens (including phenoxy) is 1. The molecule has 0 saturated carbocycles. The van der Waals surface area contributed by atoms with Gasteiger partial charge >= 0.3 is 5.97 Å². The van der Waals surface area contributed by atoms with Crippen LogP contribution in [0.15, 0.2) is 41.8 Å². The Hall–Kier alpha value is -2.47. The number of benzene rings is 1. The molecule has 0 aliphatic heterocycles. The van der Waals surface area contributed by atoms with Gasteiger partial charge in [0.15, 0.2) is 12.4 Å². The second kappa shape index (κ2) is 8.07. The molecule has 0 fully saturated rings. The number of carbonyl (C=O) groups is 3. The Bertz CT molecular complexity index is 743. The van der Waals surface area contributed by atoms with Gasteiger partial charge in [0, 0.05) is 5.56 Å². The summed E-state index contributed by atoms with van der Waals surface area (Å²) in [5, 5.41) is 4.23. The van der Waals surface area contributed by atoms with Crippen LogP contribution in [0, 0.1) is 0 Å². The number of Topliss-reactive ketones (excluding diaryl/α,β-unsaturated/α-hetero) is 1. The molecule has 6 heteroatoms. The Morgan fingerprint density at radius 2 is 1.76 bits per heavy atom. The predicted molar refractivity (Wildman–Crippen MR) is 97.1 cm³/mol. The molecule has 1 aromatic carbocycles. The van der Waals surface area contributed by atoms with Gasteiger partial charge in [-0.3, -0.25) is 14.4 Å². The topological polar surface area (TPSA) is 72.5 Å². The number of esters is 1. The van der Waals surface area contributed by atoms with Crippen molar-refractivity contribution in [1.82, 2.24) is 5.32 Å². The normalized spacial score (nSPS) is 11.0. The quantitative estimate of drug-likeness (QED) is 0.635. The van der Waals surface area contributed by atoms with Crippen LogP contribution in [-0.2, 0) is 14.9 Å². The third-order valence-electron chi connectivity index (χ3n) is 3.58. The highest BCUT2D eigenvalue weighted by Crippen LogP contribution is 2.22. The molecule has 0 radical (unpaired) electrons. The standard InChI is InChI=1S/C19H21NO4S/c1-19(2,3)14-8-6-13(7-9-14)15(21)12-24-17(22)11-20-18(23)16-5-4-10-25-16/h4-10H,11-12H2,1-3H3,(H,20,23). The van der Waals surface area contributed by atoms with Gasteiger partial charge in [-0.15, -0.1) is 11.3 Å². The Kier molecular flexibility index (Phi) is 6.09. The Morgan fingerprint density at radius 3 is 2.32 bits per heavy atom. The maximum Gasteiger partial charge on any atom is 0.325 e. The lowest BCUT2D eigenvalue weighted by molar-refractivity contribution is -0.141. The second-order valence-electron chi connectivity index (χ2n) is 6.57. The Balaban J connectivity index is 1.79. The molecule has 0 aliphatic rings. The largest absolute Gasteiger partial charge is 0.456 e. The molecule has 1 heterocycles. The number of amides is 1. The minimum Gasteiger partial charge on any atom is -0.456 e. The number of thiophene rings is 1. The van der Waals surface area contributed by atoms with Crippen LogP contribution in [0.1, 0.15) is 46.4 Å². The van der Waals surface area contributed by atoms with Crippen LogP contribution in [0.5, 0.6) is 0 Å². The van der Waals surface area contributed by atoms with Crippen molar-refractivity contribution in [3.8, 4) is 0 Å². The van der Waals surface area contributed by atoms with E-state index in [4.69, 9.17) is 4.74 Å². The van der Waals surface area contributed by atoms with Gasteiger partial charge in [0.25, 0.3) is 5.91 Å². The summed E-state index contributed by atoms with van der Waals surface area (Å²) >= 11 is 1.28. The van der Waals surface area contributed by atoms with Crippen LogP contribution in [0.25, 0.3) is 0 Å². The molecule has 132 valence electrons. The minimum atomic E-state index is -0.649. The molecule has 5 nitrogen and oxygen atoms in total. The highest BCUT2D eigenvalue weighted by atomic mass is 32.1. The lowest BCUT2D eigenvalue weighted by atomic mass is 9.86. The van der Waals surface area contributed by atoms with Gasteiger partial charge in [-0.25, -0.2) is 0 Å². The second-order valence-corrected chi connectivity index (χ2v) is 7.52. The van der Waals surface area contributed by atoms with E-state index in [2.05, 4.69) is 26.1 Å². The molecule has 1 amide bonds. The first-order valence-corrected chi connectivity index (χ1v) is 8.76. The molecular formula is C19H21NO4S. The zero-order valence-corrected chi connectivity index (χ0v) is 15.3. The number of nitrogens with one attached hydrogen (secondary N) is 1. The zero-order chi connectivity index (χ0) is 18.4. The van der Waals surface area contributed by atoms with Gasteiger partial charge in [-0.2, -0.15) is 0 Å². The Labute approximate surface area is 151 Å². The average molecular weight is 359 g/mol. The van der Waals surface area contributed by atoms with Gasteiger partial charge < -0.3 is 10.1 Å². The minimum absolute atomic E-state index is 0.00874. The molecule has 0 aliphatic carbocycles. The van der Waals surface area contributed by atoms with Gasteiger partial charge in [0.05, 0.1) is 4.88 Å². The number of carbonyl (C=O) groups excluding carboxylic acids is 3. The fourth-order valence-electron chi connectivity index (χ4n) is 2.08. The molecule has 1 N–H and O–H groups in total. The first-order chi connectivity index (χ1) is 11.8. The summed E-state index contributed by atoms with van der Waals surface area (Å²) < 4.78 is 4.92. The third kappa shape index (κ3) is 5.53. The highest BCUT2D eigenvalue weighted by molar-refractivity contribution is 7.12. The van der Waals surface area contributed by atoms with Crippen molar-refractivity contribution in [1.29, 1.82) is 0 Å². The average Bonchev–Trinajstić information content (AvgIpc) is 3.11. The van der Waals surface area contributed by atoms with Crippen molar-refractivity contribution in [2.75, 3.05) is 13.2 Å². The SMILES string of the molecule is CC(C)(C)c1ccc(C(=O)COC(=O)CNC(=O)c2cccs2)cc1. The molecule has 0 spiro atoms. The van der Waals surface area contributed by atoms with Crippen molar-refractivity contribution in [2.45, 2.75) is 26.2 Å². The van der Waals surface area contributed by atoms with Gasteiger partial charge in [-0.05, 0) is 22.4 Å². The smallest absolute Gasteiger partial charge is 0.325 e. The van der Waals surface area contributed by atoms with E-state index in [1.54, 1.807) is 29.6 Å². The fraction of sp³-hybridized carbons (Fsp3) is 0.316. The van der Waals surface area contributed by atoms with Gasteiger partial charge in [0.2, 0.25) is 0 Å². The van der Waals surface area contributed by atoms with Crippen LogP contribution in [0.2, 0.25) is 0 Å². The molecule has 0 unspecified atom stereocenters. The van der Waals surface area contributed by atoms with Crippen molar-refractivity contribution in [3.63, 3.8) is 0 Å². The van der Waals surface area contributed by atoms with E-state index in [1.165, 1.54) is 11.3 Å². The van der Waals surface area contributed by atoms with E-state index in [0.29, 0.717) is 10.4 Å². The summed E-state index contributed by atoms with van der Waals surface area (Å²) in [6.07, 6.45) is 0. The van der Waals surface area contributed by atoms with Crippen LogP contribution >= 0.6 is 11.3 Å². The first kappa shape index (κ1) is 18.9. The van der Waals surface area contributed by atoms with Crippen LogP contribution in [0.4, 0.5) is 0 Å². The fourth-order valence-corrected chi connectivity index (χ4v) is 2.72. The monoisotopic (exact) mass is 359 g/mol. The predicted octanol–water partition coefficient (Wildman–Crippen LogP) is 3.20. The first-order valence-electron chi connectivity index (χ1n) is 7.88. The summed E-state index contributed by atoms with van der Waals surface area (Å²) in [5.74, 6) is -1.26. The Morgan fingerprint density at radius 1 is 1.08 bits per heavy atom. The number of ketones is 1. The highest BCUT2D eigenvalue weighted by Gasteiger charge is 2.15. The van der Waals surface area contributed by atoms with E-state index in [-0.39, 0.29) is 30.3 Å². The van der Waals surface area contributed by atoms with Gasteiger partial charge in [-0.1, -0.05) is 51.1 Å². The van der Waals surface area contributed by atoms with E-state index >= 15 is 0 Å². The van der Waals surface area contributed by atoms with E-state index in [0.717, 1.165) is 5.56 Å². The summed E-state index contributed by atoms with van der Waals surface area (Å²) in [6.45, 7) is 5.66. The maximum atomic E-state index is 12.1. The van der Waals surface area contributed by atoms with E-state index < -0.39 is 5.97 Å². The summed E-state index contributed by atoms with van der Waals surface area (Å²) in [4.78, 5) is 35.9. The van der Waals surface area contributed by atoms with E-state index in [9.17, 15) is 14.4 Å². The molecule has 25 heavy (non-hydrogen) atoms. The van der Waals surface area contributed by atoms with Crippen molar-refractivity contribution < 1.29 is 19.1 Å². The van der Waals surface area contributed by atoms with Crippen LogP contribution in [-0.4, -0.2) is 30.8 Å². The maximum absolute atomic E-state index is 12.1. The van der Waals surface area contributed by atoms with Crippen molar-refractivity contribution >= 4 is 29.0 Å². The number of hydrogen-bond donors (Lipinski definition) is 1. The molecule has 0 saturated heterocycles. The van der Waals surface area contributed by atoms with Crippen molar-refractivity contribution in [3.05, 3.63) is 57.8 Å². The number of hydrogen-bond acceptors (Lipinski definition) is 5. The van der Waals surface area contributed by atoms with Crippen LogP contribution < -0.4 is 5.32 Å². The lowest BCUT2D eigenvalue weighted by Gasteiger charge is -2.18.